The number of urea groups is 1. The number of hydrogen-bond donors (Lipinski definition) is 2. The van der Waals surface area contributed by atoms with Gasteiger partial charge in [0.05, 0.1) is 0 Å². The minimum atomic E-state index is -0.102. The lowest BCUT2D eigenvalue weighted by atomic mass is 10.1. The predicted octanol–water partition coefficient (Wildman–Crippen LogP) is 2.23. The van der Waals surface area contributed by atoms with Gasteiger partial charge < -0.3 is 15.5 Å². The number of carbonyl (C=O) groups excluding carboxylic acids is 1. The molecule has 0 atom stereocenters. The van der Waals surface area contributed by atoms with Crippen molar-refractivity contribution in [3.05, 3.63) is 34.9 Å². The molecule has 1 aliphatic rings. The van der Waals surface area contributed by atoms with Gasteiger partial charge in [-0.25, -0.2) is 4.79 Å². The molecule has 0 unspecified atom stereocenters. The van der Waals surface area contributed by atoms with Crippen molar-refractivity contribution >= 4 is 17.6 Å². The third kappa shape index (κ3) is 4.73. The molecule has 0 bridgehead atoms. The second-order valence-electron chi connectivity index (χ2n) is 5.03. The van der Waals surface area contributed by atoms with Gasteiger partial charge in [-0.1, -0.05) is 23.7 Å². The number of nitrogens with one attached hydrogen (secondary N) is 2. The van der Waals surface area contributed by atoms with E-state index in [1.165, 1.54) is 0 Å². The monoisotopic (exact) mass is 281 g/mol. The van der Waals surface area contributed by atoms with Crippen LogP contribution >= 0.6 is 11.6 Å². The van der Waals surface area contributed by atoms with Gasteiger partial charge in [-0.3, -0.25) is 0 Å². The molecule has 4 nitrogen and oxygen atoms in total. The highest BCUT2D eigenvalue weighted by Gasteiger charge is 2.17. The lowest BCUT2D eigenvalue weighted by molar-refractivity contribution is 0.213. The molecule has 0 aromatic heterocycles. The summed E-state index contributed by atoms with van der Waals surface area (Å²) in [5.74, 6) is 0. The number of carbonyl (C=O) groups is 1. The van der Waals surface area contributed by atoms with Gasteiger partial charge in [0.2, 0.25) is 0 Å². The summed E-state index contributed by atoms with van der Waals surface area (Å²) in [5.41, 5.74) is 1.01. The van der Waals surface area contributed by atoms with Crippen molar-refractivity contribution in [2.45, 2.75) is 25.4 Å². The Morgan fingerprint density at radius 2 is 2.16 bits per heavy atom. The van der Waals surface area contributed by atoms with Crippen molar-refractivity contribution in [1.29, 1.82) is 0 Å². The summed E-state index contributed by atoms with van der Waals surface area (Å²) in [6.45, 7) is 2.58. The van der Waals surface area contributed by atoms with Crippen LogP contribution in [-0.2, 0) is 6.54 Å². The van der Waals surface area contributed by atoms with Crippen LogP contribution in [0.4, 0.5) is 4.79 Å². The van der Waals surface area contributed by atoms with E-state index in [4.69, 9.17) is 11.6 Å². The van der Waals surface area contributed by atoms with Crippen molar-refractivity contribution < 1.29 is 4.79 Å². The quantitative estimate of drug-likeness (QED) is 0.892. The molecule has 1 heterocycles. The highest BCUT2D eigenvalue weighted by atomic mass is 35.5. The number of halogens is 1. The van der Waals surface area contributed by atoms with Crippen LogP contribution in [0.2, 0.25) is 5.02 Å². The SMILES string of the molecule is CN1CCC(NC(=O)NCc2cccc(Cl)c2)CC1. The Kier molecular flexibility index (Phi) is 5.05. The van der Waals surface area contributed by atoms with Gasteiger partial charge in [0, 0.05) is 17.6 Å². The van der Waals surface area contributed by atoms with E-state index in [1.807, 2.05) is 24.3 Å². The highest BCUT2D eigenvalue weighted by Crippen LogP contribution is 2.10. The Balaban J connectivity index is 1.73. The van der Waals surface area contributed by atoms with Crippen molar-refractivity contribution in [2.24, 2.45) is 0 Å². The standard InChI is InChI=1S/C14H20ClN3O/c1-18-7-5-13(6-8-18)17-14(19)16-10-11-3-2-4-12(15)9-11/h2-4,9,13H,5-8,10H2,1H3,(H2,16,17,19). The predicted molar refractivity (Wildman–Crippen MR) is 77.3 cm³/mol. The van der Waals surface area contributed by atoms with E-state index in [1.54, 1.807) is 0 Å². The first-order chi connectivity index (χ1) is 9.13. The second-order valence-corrected chi connectivity index (χ2v) is 5.47. The fourth-order valence-corrected chi connectivity index (χ4v) is 2.43. The van der Waals surface area contributed by atoms with Gasteiger partial charge >= 0.3 is 6.03 Å². The van der Waals surface area contributed by atoms with Crippen LogP contribution in [0.5, 0.6) is 0 Å². The Hall–Kier alpha value is -1.26. The largest absolute Gasteiger partial charge is 0.335 e. The Labute approximate surface area is 119 Å². The normalized spacial score (nSPS) is 17.2. The molecule has 104 valence electrons. The molecule has 1 fully saturated rings. The average Bonchev–Trinajstić information content (AvgIpc) is 2.39. The van der Waals surface area contributed by atoms with E-state index >= 15 is 0 Å². The van der Waals surface area contributed by atoms with Gasteiger partial charge in [-0.15, -0.1) is 0 Å². The number of nitrogens with zero attached hydrogens (tertiary/aromatic N) is 1. The molecule has 1 aromatic rings. The van der Waals surface area contributed by atoms with Crippen molar-refractivity contribution in [3.63, 3.8) is 0 Å². The van der Waals surface area contributed by atoms with Crippen molar-refractivity contribution in [2.75, 3.05) is 20.1 Å². The summed E-state index contributed by atoms with van der Waals surface area (Å²) in [6.07, 6.45) is 2.03. The smallest absolute Gasteiger partial charge is 0.315 e. The minimum Gasteiger partial charge on any atom is -0.335 e. The van der Waals surface area contributed by atoms with Crippen LogP contribution < -0.4 is 10.6 Å². The van der Waals surface area contributed by atoms with Crippen LogP contribution in [-0.4, -0.2) is 37.1 Å². The number of piperidine rings is 1. The average molecular weight is 282 g/mol. The molecule has 0 saturated carbocycles. The first-order valence-corrected chi connectivity index (χ1v) is 6.98. The van der Waals surface area contributed by atoms with Crippen LogP contribution in [0, 0.1) is 0 Å². The maximum Gasteiger partial charge on any atom is 0.315 e. The Bertz CT molecular complexity index is 430. The third-order valence-electron chi connectivity index (χ3n) is 3.40. The summed E-state index contributed by atoms with van der Waals surface area (Å²) in [5, 5.41) is 6.57. The summed E-state index contributed by atoms with van der Waals surface area (Å²) < 4.78 is 0. The van der Waals surface area contributed by atoms with E-state index < -0.39 is 0 Å². The molecule has 2 N–H and O–H groups in total. The van der Waals surface area contributed by atoms with E-state index in [0.29, 0.717) is 11.6 Å². The maximum absolute atomic E-state index is 11.8. The fraction of sp³-hybridized carbons (Fsp3) is 0.500. The Morgan fingerprint density at radius 1 is 1.42 bits per heavy atom. The van der Waals surface area contributed by atoms with E-state index in [2.05, 4.69) is 22.6 Å². The van der Waals surface area contributed by atoms with Crippen LogP contribution in [0.3, 0.4) is 0 Å². The molecule has 5 heteroatoms. The molecule has 1 aromatic carbocycles. The second kappa shape index (κ2) is 6.78. The van der Waals surface area contributed by atoms with E-state index in [9.17, 15) is 4.79 Å². The molecule has 0 spiro atoms. The summed E-state index contributed by atoms with van der Waals surface area (Å²) >= 11 is 5.90. The highest BCUT2D eigenvalue weighted by molar-refractivity contribution is 6.30. The minimum absolute atomic E-state index is 0.102. The zero-order valence-corrected chi connectivity index (χ0v) is 11.9. The number of likely N-dealkylation sites (tertiary alicyclic amines) is 1. The lowest BCUT2D eigenvalue weighted by Gasteiger charge is -2.29. The Morgan fingerprint density at radius 3 is 2.84 bits per heavy atom. The topological polar surface area (TPSA) is 44.4 Å². The molecular weight excluding hydrogens is 262 g/mol. The van der Waals surface area contributed by atoms with Crippen molar-refractivity contribution in [1.82, 2.24) is 15.5 Å². The van der Waals surface area contributed by atoms with Gasteiger partial charge in [0.25, 0.3) is 0 Å². The van der Waals surface area contributed by atoms with Crippen LogP contribution in [0.15, 0.2) is 24.3 Å². The van der Waals surface area contributed by atoms with Crippen LogP contribution in [0.25, 0.3) is 0 Å². The summed E-state index contributed by atoms with van der Waals surface area (Å²) in [4.78, 5) is 14.1. The molecule has 2 amide bonds. The molecule has 19 heavy (non-hydrogen) atoms. The van der Waals surface area contributed by atoms with E-state index in [0.717, 1.165) is 31.5 Å². The van der Waals surface area contributed by atoms with E-state index in [-0.39, 0.29) is 12.1 Å². The lowest BCUT2D eigenvalue weighted by Crippen LogP contribution is -2.46. The molecule has 1 saturated heterocycles. The number of benzene rings is 1. The molecule has 0 radical (unpaired) electrons. The molecule has 0 aliphatic carbocycles. The fourth-order valence-electron chi connectivity index (χ4n) is 2.22. The number of rotatable bonds is 3. The number of hydrogen-bond acceptors (Lipinski definition) is 2. The molecule has 2 rings (SSSR count). The summed E-state index contributed by atoms with van der Waals surface area (Å²) in [7, 11) is 2.11. The van der Waals surface area contributed by atoms with Crippen LogP contribution in [0.1, 0.15) is 18.4 Å². The number of amides is 2. The molecular formula is C14H20ClN3O. The van der Waals surface area contributed by atoms with Gasteiger partial charge in [-0.05, 0) is 50.7 Å². The maximum atomic E-state index is 11.8. The van der Waals surface area contributed by atoms with Gasteiger partial charge in [0.15, 0.2) is 0 Å². The molecule has 1 aliphatic heterocycles. The first-order valence-electron chi connectivity index (χ1n) is 6.61. The third-order valence-corrected chi connectivity index (χ3v) is 3.63. The van der Waals surface area contributed by atoms with Gasteiger partial charge in [-0.2, -0.15) is 0 Å². The van der Waals surface area contributed by atoms with Gasteiger partial charge in [0.1, 0.15) is 0 Å². The van der Waals surface area contributed by atoms with Crippen molar-refractivity contribution in [3.8, 4) is 0 Å². The first kappa shape index (κ1) is 14.2. The zero-order valence-electron chi connectivity index (χ0n) is 11.2. The summed E-state index contributed by atoms with van der Waals surface area (Å²) in [6, 6.07) is 7.70. The zero-order chi connectivity index (χ0) is 13.7.